The Bertz CT molecular complexity index is 1210. The van der Waals surface area contributed by atoms with Crippen LogP contribution >= 0.6 is 0 Å². The molecular formula is C28H30N4O3. The molecule has 0 radical (unpaired) electrons. The van der Waals surface area contributed by atoms with E-state index >= 15 is 0 Å². The molecule has 2 amide bonds. The number of ether oxygens (including phenoxy) is 1. The summed E-state index contributed by atoms with van der Waals surface area (Å²) >= 11 is 0. The first-order chi connectivity index (χ1) is 17.0. The van der Waals surface area contributed by atoms with Gasteiger partial charge in [0, 0.05) is 43.5 Å². The Morgan fingerprint density at radius 3 is 2.43 bits per heavy atom. The van der Waals surface area contributed by atoms with Crippen LogP contribution in [-0.4, -0.2) is 54.0 Å². The topological polar surface area (TPSA) is 74.8 Å². The van der Waals surface area contributed by atoms with Gasteiger partial charge in [-0.05, 0) is 66.4 Å². The van der Waals surface area contributed by atoms with E-state index in [0.717, 1.165) is 34.6 Å². The minimum Gasteiger partial charge on any atom is -0.378 e. The predicted octanol–water partition coefficient (Wildman–Crippen LogP) is 4.52. The number of fused-ring (bicyclic) bond motifs is 1. The highest BCUT2D eigenvalue weighted by atomic mass is 16.5. The highest BCUT2D eigenvalue weighted by molar-refractivity contribution is 5.95. The molecule has 2 aliphatic heterocycles. The Morgan fingerprint density at radius 2 is 1.74 bits per heavy atom. The molecule has 1 N–H and O–H groups in total. The summed E-state index contributed by atoms with van der Waals surface area (Å²) in [5.74, 6) is 0.882. The summed E-state index contributed by atoms with van der Waals surface area (Å²) < 4.78 is 5.36. The Morgan fingerprint density at radius 1 is 1.00 bits per heavy atom. The van der Waals surface area contributed by atoms with Crippen molar-refractivity contribution in [2.45, 2.75) is 32.4 Å². The number of morpholine rings is 1. The van der Waals surface area contributed by atoms with Crippen LogP contribution in [0.25, 0.3) is 11.1 Å². The molecule has 0 aliphatic carbocycles. The number of aromatic nitrogens is 1. The first-order valence-electron chi connectivity index (χ1n) is 12.1. The lowest BCUT2D eigenvalue weighted by Gasteiger charge is -2.39. The molecule has 3 heterocycles. The summed E-state index contributed by atoms with van der Waals surface area (Å²) in [5, 5.41) is 3.56. The molecule has 0 bridgehead atoms. The van der Waals surface area contributed by atoms with Crippen LogP contribution in [0.2, 0.25) is 0 Å². The number of carbonyl (C=O) groups is 2. The highest BCUT2D eigenvalue weighted by Crippen LogP contribution is 2.41. The molecule has 2 aromatic carbocycles. The van der Waals surface area contributed by atoms with E-state index in [9.17, 15) is 9.59 Å². The largest absolute Gasteiger partial charge is 0.378 e. The van der Waals surface area contributed by atoms with Crippen LogP contribution in [0.3, 0.4) is 0 Å². The van der Waals surface area contributed by atoms with Crippen molar-refractivity contribution in [1.82, 2.24) is 9.88 Å². The molecule has 2 aliphatic rings. The summed E-state index contributed by atoms with van der Waals surface area (Å²) in [6.45, 7) is 6.12. The maximum absolute atomic E-state index is 12.8. The van der Waals surface area contributed by atoms with Crippen molar-refractivity contribution >= 4 is 23.3 Å². The molecule has 180 valence electrons. The van der Waals surface area contributed by atoms with Crippen molar-refractivity contribution in [3.63, 3.8) is 0 Å². The van der Waals surface area contributed by atoms with Gasteiger partial charge in [-0.2, -0.15) is 0 Å². The molecule has 7 heteroatoms. The van der Waals surface area contributed by atoms with Crippen molar-refractivity contribution < 1.29 is 14.3 Å². The van der Waals surface area contributed by atoms with E-state index < -0.39 is 0 Å². The second kappa shape index (κ2) is 9.88. The van der Waals surface area contributed by atoms with Crippen LogP contribution in [0, 0.1) is 0 Å². The second-order valence-electron chi connectivity index (χ2n) is 9.14. The van der Waals surface area contributed by atoms with E-state index in [2.05, 4.69) is 23.3 Å². The zero-order valence-corrected chi connectivity index (χ0v) is 20.1. The number of pyridine rings is 1. The van der Waals surface area contributed by atoms with Crippen molar-refractivity contribution in [2.24, 2.45) is 0 Å². The van der Waals surface area contributed by atoms with E-state index in [4.69, 9.17) is 4.74 Å². The summed E-state index contributed by atoms with van der Waals surface area (Å²) in [6, 6.07) is 19.9. The number of benzene rings is 2. The van der Waals surface area contributed by atoms with Crippen LogP contribution in [0.4, 0.5) is 11.5 Å². The fourth-order valence-electron chi connectivity index (χ4n) is 5.04. The van der Waals surface area contributed by atoms with E-state index in [0.29, 0.717) is 31.9 Å². The molecule has 2 atom stereocenters. The fraction of sp³-hybridized carbons (Fsp3) is 0.321. The Hall–Kier alpha value is -3.71. The van der Waals surface area contributed by atoms with Crippen LogP contribution in [0.5, 0.6) is 0 Å². The first kappa shape index (κ1) is 23.1. The Labute approximate surface area is 205 Å². The summed E-state index contributed by atoms with van der Waals surface area (Å²) in [4.78, 5) is 33.4. The Balaban J connectivity index is 1.45. The molecule has 1 saturated heterocycles. The van der Waals surface area contributed by atoms with Gasteiger partial charge in [0.15, 0.2) is 0 Å². The average Bonchev–Trinajstić information content (AvgIpc) is 2.89. The molecule has 1 aromatic heterocycles. The van der Waals surface area contributed by atoms with Gasteiger partial charge < -0.3 is 19.9 Å². The molecule has 7 nitrogen and oxygen atoms in total. The highest BCUT2D eigenvalue weighted by Gasteiger charge is 2.32. The third-order valence-corrected chi connectivity index (χ3v) is 6.77. The molecule has 1 fully saturated rings. The summed E-state index contributed by atoms with van der Waals surface area (Å²) in [5.41, 5.74) is 4.73. The van der Waals surface area contributed by atoms with Gasteiger partial charge in [0.2, 0.25) is 5.91 Å². The fourth-order valence-corrected chi connectivity index (χ4v) is 5.04. The van der Waals surface area contributed by atoms with Gasteiger partial charge in [0.25, 0.3) is 5.91 Å². The number of hydrogen-bond donors (Lipinski definition) is 1. The number of nitrogens with one attached hydrogen (secondary N) is 1. The molecule has 0 saturated carbocycles. The maximum Gasteiger partial charge on any atom is 0.254 e. The number of nitrogens with zero attached hydrogens (tertiary/aromatic N) is 3. The Kier molecular flexibility index (Phi) is 6.51. The first-order valence-corrected chi connectivity index (χ1v) is 12.1. The van der Waals surface area contributed by atoms with Crippen LogP contribution in [0.15, 0.2) is 66.9 Å². The third-order valence-electron chi connectivity index (χ3n) is 6.77. The van der Waals surface area contributed by atoms with E-state index in [1.54, 1.807) is 13.1 Å². The molecule has 3 aromatic rings. The second-order valence-corrected chi connectivity index (χ2v) is 9.14. The van der Waals surface area contributed by atoms with Gasteiger partial charge in [0.1, 0.15) is 5.82 Å². The minimum atomic E-state index is 0.0209. The van der Waals surface area contributed by atoms with Crippen molar-refractivity contribution in [3.05, 3.63) is 78.0 Å². The zero-order chi connectivity index (χ0) is 24.4. The standard InChI is InChI=1S/C28H30N4O3/c1-19-17-25(30-27-5-3-4-12-29-27)24-18-23(10-11-26(24)32(19)20(2)33)21-6-8-22(9-7-21)28(34)31-13-15-35-16-14-31/h3-12,18-19,25H,13-17H2,1-2H3,(H,29,30)/t19-,25+/m0/s1. The minimum absolute atomic E-state index is 0.0209. The van der Waals surface area contributed by atoms with Crippen molar-refractivity contribution in [1.29, 1.82) is 0 Å². The van der Waals surface area contributed by atoms with Crippen LogP contribution < -0.4 is 10.2 Å². The maximum atomic E-state index is 12.8. The van der Waals surface area contributed by atoms with Gasteiger partial charge in [-0.15, -0.1) is 0 Å². The summed E-state index contributed by atoms with van der Waals surface area (Å²) in [6.07, 6.45) is 2.55. The van der Waals surface area contributed by atoms with E-state index in [1.165, 1.54) is 0 Å². The number of amides is 2. The lowest BCUT2D eigenvalue weighted by molar-refractivity contribution is -0.117. The number of hydrogen-bond acceptors (Lipinski definition) is 5. The van der Waals surface area contributed by atoms with Gasteiger partial charge in [0.05, 0.1) is 19.3 Å². The zero-order valence-electron chi connectivity index (χ0n) is 20.1. The van der Waals surface area contributed by atoms with Gasteiger partial charge in [-0.3, -0.25) is 9.59 Å². The SMILES string of the molecule is CC(=O)N1c2ccc(-c3ccc(C(=O)N4CCOCC4)cc3)cc2[C@H](Nc2ccccn2)C[C@@H]1C. The van der Waals surface area contributed by atoms with Crippen LogP contribution in [-0.2, 0) is 9.53 Å². The quantitative estimate of drug-likeness (QED) is 0.607. The normalized spacial score (nSPS) is 19.7. The number of carbonyl (C=O) groups excluding carboxylic acids is 2. The molecule has 0 unspecified atom stereocenters. The van der Waals surface area contributed by atoms with Crippen molar-refractivity contribution in [2.75, 3.05) is 36.5 Å². The molecular weight excluding hydrogens is 440 g/mol. The molecule has 35 heavy (non-hydrogen) atoms. The van der Waals surface area contributed by atoms with Gasteiger partial charge in [-0.25, -0.2) is 4.98 Å². The average molecular weight is 471 g/mol. The van der Waals surface area contributed by atoms with Gasteiger partial charge in [-0.1, -0.05) is 24.3 Å². The third kappa shape index (κ3) is 4.77. The summed E-state index contributed by atoms with van der Waals surface area (Å²) in [7, 11) is 0. The monoisotopic (exact) mass is 470 g/mol. The van der Waals surface area contributed by atoms with E-state index in [1.807, 2.05) is 64.4 Å². The van der Waals surface area contributed by atoms with E-state index in [-0.39, 0.29) is 23.9 Å². The molecule has 0 spiro atoms. The number of rotatable bonds is 4. The van der Waals surface area contributed by atoms with Crippen LogP contribution in [0.1, 0.15) is 42.2 Å². The lowest BCUT2D eigenvalue weighted by Crippen LogP contribution is -2.43. The smallest absolute Gasteiger partial charge is 0.254 e. The predicted molar refractivity (Wildman–Crippen MR) is 136 cm³/mol. The van der Waals surface area contributed by atoms with Gasteiger partial charge >= 0.3 is 0 Å². The lowest BCUT2D eigenvalue weighted by atomic mass is 9.89. The molecule has 5 rings (SSSR count). The number of anilines is 2. The van der Waals surface area contributed by atoms with Crippen molar-refractivity contribution in [3.8, 4) is 11.1 Å².